The lowest BCUT2D eigenvalue weighted by atomic mass is 9.93. The summed E-state index contributed by atoms with van der Waals surface area (Å²) in [5.41, 5.74) is 0. The van der Waals surface area contributed by atoms with Crippen LogP contribution < -0.4 is 5.32 Å². The molecule has 2 fully saturated rings. The molecule has 170 valence electrons. The highest BCUT2D eigenvalue weighted by Gasteiger charge is 2.28. The van der Waals surface area contributed by atoms with Gasteiger partial charge in [0.25, 0.3) is 0 Å². The molecule has 0 aromatic heterocycles. The molecule has 2 heterocycles. The summed E-state index contributed by atoms with van der Waals surface area (Å²) in [4.78, 5) is 10.3. The second-order valence-corrected chi connectivity index (χ2v) is 8.49. The van der Waals surface area contributed by atoms with Gasteiger partial charge in [-0.15, -0.1) is 0 Å². The molecule has 0 bridgehead atoms. The maximum atomic E-state index is 6.03. The minimum Gasteiger partial charge on any atom is -0.385 e. The Morgan fingerprint density at radius 3 is 2.31 bits per heavy atom. The van der Waals surface area contributed by atoms with E-state index in [0.29, 0.717) is 12.1 Å². The van der Waals surface area contributed by atoms with Gasteiger partial charge in [-0.1, -0.05) is 26.7 Å². The zero-order chi connectivity index (χ0) is 20.9. The lowest BCUT2D eigenvalue weighted by Crippen LogP contribution is -2.48. The van der Waals surface area contributed by atoms with Gasteiger partial charge in [0.15, 0.2) is 5.96 Å². The van der Waals surface area contributed by atoms with E-state index in [1.54, 1.807) is 7.11 Å². The number of piperidine rings is 1. The normalized spacial score (nSPS) is 20.6. The minimum absolute atomic E-state index is 0.382. The largest absolute Gasteiger partial charge is 0.385 e. The summed E-state index contributed by atoms with van der Waals surface area (Å²) in [5, 5.41) is 3.55. The molecule has 0 amide bonds. The minimum atomic E-state index is 0.382. The van der Waals surface area contributed by atoms with Gasteiger partial charge in [-0.3, -0.25) is 9.89 Å². The first-order valence-electron chi connectivity index (χ1n) is 12.1. The molecular weight excluding hydrogens is 364 g/mol. The third kappa shape index (κ3) is 8.06. The Hall–Kier alpha value is -0.850. The van der Waals surface area contributed by atoms with Crippen molar-refractivity contribution in [1.29, 1.82) is 0 Å². The number of hydrogen-bond donors (Lipinski definition) is 1. The number of rotatable bonds is 12. The van der Waals surface area contributed by atoms with E-state index in [4.69, 9.17) is 14.5 Å². The van der Waals surface area contributed by atoms with E-state index in [-0.39, 0.29) is 0 Å². The topological polar surface area (TPSA) is 49.3 Å². The van der Waals surface area contributed by atoms with Crippen LogP contribution >= 0.6 is 0 Å². The van der Waals surface area contributed by atoms with Crippen LogP contribution in [0.2, 0.25) is 0 Å². The molecule has 2 rings (SSSR count). The number of hydrogen-bond acceptors (Lipinski definition) is 4. The number of likely N-dealkylation sites (tertiary alicyclic amines) is 2. The number of methoxy groups -OCH3 is 1. The summed E-state index contributed by atoms with van der Waals surface area (Å²) in [7, 11) is 1.75. The van der Waals surface area contributed by atoms with Crippen LogP contribution in [0.25, 0.3) is 0 Å². The van der Waals surface area contributed by atoms with E-state index in [9.17, 15) is 0 Å². The molecule has 2 aliphatic heterocycles. The van der Waals surface area contributed by atoms with E-state index in [1.165, 1.54) is 38.8 Å². The Balaban J connectivity index is 1.90. The van der Waals surface area contributed by atoms with Crippen LogP contribution in [0, 0.1) is 5.92 Å². The molecule has 6 heteroatoms. The van der Waals surface area contributed by atoms with Gasteiger partial charge < -0.3 is 19.7 Å². The average Bonchev–Trinajstić information content (AvgIpc) is 3.28. The lowest BCUT2D eigenvalue weighted by molar-refractivity contribution is 0.00987. The third-order valence-corrected chi connectivity index (χ3v) is 6.55. The van der Waals surface area contributed by atoms with Crippen LogP contribution in [0.1, 0.15) is 65.7 Å². The van der Waals surface area contributed by atoms with Crippen molar-refractivity contribution in [2.24, 2.45) is 10.9 Å². The summed E-state index contributed by atoms with van der Waals surface area (Å²) in [6.45, 7) is 14.8. The van der Waals surface area contributed by atoms with Crippen LogP contribution in [0.3, 0.4) is 0 Å². The zero-order valence-electron chi connectivity index (χ0n) is 19.5. The number of aliphatic imine (C=N–C) groups is 1. The molecule has 0 saturated carbocycles. The summed E-state index contributed by atoms with van der Waals surface area (Å²) < 4.78 is 11.1. The molecule has 1 unspecified atom stereocenters. The molecule has 0 radical (unpaired) electrons. The highest BCUT2D eigenvalue weighted by atomic mass is 16.5. The predicted molar refractivity (Wildman–Crippen MR) is 122 cm³/mol. The van der Waals surface area contributed by atoms with Crippen molar-refractivity contribution in [2.75, 3.05) is 59.6 Å². The molecule has 0 aliphatic carbocycles. The average molecular weight is 411 g/mol. The predicted octanol–water partition coefficient (Wildman–Crippen LogP) is 3.37. The molecule has 2 saturated heterocycles. The summed E-state index contributed by atoms with van der Waals surface area (Å²) in [6.07, 6.45) is 8.71. The summed E-state index contributed by atoms with van der Waals surface area (Å²) in [5.74, 6) is 1.84. The van der Waals surface area contributed by atoms with E-state index >= 15 is 0 Å². The first-order valence-corrected chi connectivity index (χ1v) is 12.1. The zero-order valence-corrected chi connectivity index (χ0v) is 19.5. The molecular formula is C23H46N4O2. The van der Waals surface area contributed by atoms with Gasteiger partial charge in [0.2, 0.25) is 0 Å². The van der Waals surface area contributed by atoms with Crippen molar-refractivity contribution < 1.29 is 9.47 Å². The quantitative estimate of drug-likeness (QED) is 0.304. The molecule has 2 aliphatic rings. The SMILES string of the molecule is CCNC(=NCC(C(CC)CC)N1CCCC1)N1CCC(OCCCOC)CC1. The van der Waals surface area contributed by atoms with Gasteiger partial charge in [0, 0.05) is 46.0 Å². The molecule has 0 aromatic carbocycles. The number of nitrogens with one attached hydrogen (secondary N) is 1. The highest BCUT2D eigenvalue weighted by Crippen LogP contribution is 2.23. The van der Waals surface area contributed by atoms with Gasteiger partial charge in [-0.25, -0.2) is 0 Å². The standard InChI is InChI=1S/C23H46N4O2/c1-5-20(6-2)22(26-13-8-9-14-26)19-25-23(24-7-3)27-15-11-21(12-16-27)29-18-10-17-28-4/h20-22H,5-19H2,1-4H3,(H,24,25). The molecule has 1 N–H and O–H groups in total. The van der Waals surface area contributed by atoms with Gasteiger partial charge in [0.1, 0.15) is 0 Å². The van der Waals surface area contributed by atoms with Crippen molar-refractivity contribution in [3.05, 3.63) is 0 Å². The lowest BCUT2D eigenvalue weighted by Gasteiger charge is -2.36. The molecule has 6 nitrogen and oxygen atoms in total. The Labute approximate surface area is 179 Å². The fourth-order valence-electron chi connectivity index (χ4n) is 4.76. The Kier molecular flexibility index (Phi) is 12.0. The van der Waals surface area contributed by atoms with Crippen LogP contribution in [0.5, 0.6) is 0 Å². The smallest absolute Gasteiger partial charge is 0.193 e. The van der Waals surface area contributed by atoms with Gasteiger partial charge in [-0.05, 0) is 58.0 Å². The second-order valence-electron chi connectivity index (χ2n) is 8.49. The fraction of sp³-hybridized carbons (Fsp3) is 0.957. The number of ether oxygens (including phenoxy) is 2. The van der Waals surface area contributed by atoms with E-state index in [1.807, 2.05) is 0 Å². The van der Waals surface area contributed by atoms with Crippen LogP contribution in [-0.2, 0) is 9.47 Å². The first kappa shape index (κ1) is 24.4. The molecule has 29 heavy (non-hydrogen) atoms. The maximum absolute atomic E-state index is 6.03. The number of guanidine groups is 1. The third-order valence-electron chi connectivity index (χ3n) is 6.55. The Bertz CT molecular complexity index is 440. The number of nitrogens with zero attached hydrogens (tertiary/aromatic N) is 3. The fourth-order valence-corrected chi connectivity index (χ4v) is 4.76. The first-order chi connectivity index (χ1) is 14.2. The van der Waals surface area contributed by atoms with Gasteiger partial charge >= 0.3 is 0 Å². The summed E-state index contributed by atoms with van der Waals surface area (Å²) >= 11 is 0. The van der Waals surface area contributed by atoms with E-state index < -0.39 is 0 Å². The molecule has 0 spiro atoms. The van der Waals surface area contributed by atoms with Crippen LogP contribution in [0.15, 0.2) is 4.99 Å². The van der Waals surface area contributed by atoms with Crippen molar-refractivity contribution in [2.45, 2.75) is 77.9 Å². The second kappa shape index (κ2) is 14.2. The van der Waals surface area contributed by atoms with Crippen LogP contribution in [0.4, 0.5) is 0 Å². The Morgan fingerprint density at radius 2 is 1.72 bits per heavy atom. The molecule has 0 aromatic rings. The monoisotopic (exact) mass is 410 g/mol. The van der Waals surface area contributed by atoms with Crippen molar-refractivity contribution in [1.82, 2.24) is 15.1 Å². The van der Waals surface area contributed by atoms with Gasteiger partial charge in [-0.2, -0.15) is 0 Å². The van der Waals surface area contributed by atoms with E-state index in [0.717, 1.165) is 70.5 Å². The van der Waals surface area contributed by atoms with E-state index in [2.05, 4.69) is 35.9 Å². The van der Waals surface area contributed by atoms with Crippen molar-refractivity contribution in [3.8, 4) is 0 Å². The van der Waals surface area contributed by atoms with Gasteiger partial charge in [0.05, 0.1) is 12.6 Å². The highest BCUT2D eigenvalue weighted by molar-refractivity contribution is 5.80. The van der Waals surface area contributed by atoms with Crippen molar-refractivity contribution in [3.63, 3.8) is 0 Å². The summed E-state index contributed by atoms with van der Waals surface area (Å²) in [6, 6.07) is 0.586. The van der Waals surface area contributed by atoms with Crippen LogP contribution in [-0.4, -0.2) is 87.5 Å². The molecule has 1 atom stereocenters. The Morgan fingerprint density at radius 1 is 1.03 bits per heavy atom. The maximum Gasteiger partial charge on any atom is 0.193 e. The van der Waals surface area contributed by atoms with Crippen molar-refractivity contribution >= 4 is 5.96 Å².